The van der Waals surface area contributed by atoms with Gasteiger partial charge in [-0.3, -0.25) is 4.79 Å². The minimum Gasteiger partial charge on any atom is -0.493 e. The lowest BCUT2D eigenvalue weighted by molar-refractivity contribution is -0.145. The van der Waals surface area contributed by atoms with Crippen molar-refractivity contribution in [2.75, 3.05) is 27.9 Å². The molecule has 0 aromatic heterocycles. The number of nitrogens with one attached hydrogen (secondary N) is 1. The molecule has 0 aliphatic rings. The highest BCUT2D eigenvalue weighted by Crippen LogP contribution is 2.36. The van der Waals surface area contributed by atoms with Crippen molar-refractivity contribution in [1.82, 2.24) is 5.32 Å². The van der Waals surface area contributed by atoms with Gasteiger partial charge < -0.3 is 24.6 Å². The summed E-state index contributed by atoms with van der Waals surface area (Å²) in [6.07, 6.45) is 0. The molecule has 0 aliphatic heterocycles. The summed E-state index contributed by atoms with van der Waals surface area (Å²) in [5.41, 5.74) is -1.17. The molecule has 0 spiro atoms. The van der Waals surface area contributed by atoms with Crippen LogP contribution in [-0.2, 0) is 4.79 Å². The number of ether oxygens (including phenoxy) is 3. The first-order chi connectivity index (χ1) is 8.98. The maximum atomic E-state index is 11.2. The van der Waals surface area contributed by atoms with Crippen molar-refractivity contribution in [2.45, 2.75) is 12.5 Å². The standard InChI is InChI=1S/C13H19NO5/c1-13(14-2,12(15)16)8-19-10-7-5-6-9(17-3)11(10)18-4/h5-7,14H,8H2,1-4H3,(H,15,16). The number of benzene rings is 1. The van der Waals surface area contributed by atoms with Gasteiger partial charge in [0.15, 0.2) is 11.5 Å². The molecule has 19 heavy (non-hydrogen) atoms. The van der Waals surface area contributed by atoms with Gasteiger partial charge in [0.2, 0.25) is 5.75 Å². The third-order valence-electron chi connectivity index (χ3n) is 2.91. The SMILES string of the molecule is CNC(C)(COc1cccc(OC)c1OC)C(=O)O. The lowest BCUT2D eigenvalue weighted by atomic mass is 10.1. The third-order valence-corrected chi connectivity index (χ3v) is 2.91. The number of aliphatic carboxylic acids is 1. The van der Waals surface area contributed by atoms with E-state index in [2.05, 4.69) is 5.32 Å². The van der Waals surface area contributed by atoms with Crippen LogP contribution in [0, 0.1) is 0 Å². The lowest BCUT2D eigenvalue weighted by Crippen LogP contribution is -2.52. The second-order valence-corrected chi connectivity index (χ2v) is 4.17. The number of carboxylic acid groups (broad SMARTS) is 1. The van der Waals surface area contributed by atoms with Crippen LogP contribution in [0.25, 0.3) is 0 Å². The van der Waals surface area contributed by atoms with Crippen LogP contribution in [0.5, 0.6) is 17.2 Å². The molecule has 0 saturated heterocycles. The largest absolute Gasteiger partial charge is 0.493 e. The van der Waals surface area contributed by atoms with Crippen molar-refractivity contribution < 1.29 is 24.1 Å². The molecule has 2 N–H and O–H groups in total. The zero-order valence-electron chi connectivity index (χ0n) is 11.5. The maximum absolute atomic E-state index is 11.2. The highest BCUT2D eigenvalue weighted by molar-refractivity contribution is 5.78. The molecular weight excluding hydrogens is 250 g/mol. The van der Waals surface area contributed by atoms with Crippen LogP contribution >= 0.6 is 0 Å². The van der Waals surface area contributed by atoms with Crippen LogP contribution in [0.1, 0.15) is 6.92 Å². The number of likely N-dealkylation sites (N-methyl/N-ethyl adjacent to an activating group) is 1. The summed E-state index contributed by atoms with van der Waals surface area (Å²) in [7, 11) is 4.59. The van der Waals surface area contributed by atoms with Gasteiger partial charge in [0.1, 0.15) is 12.1 Å². The van der Waals surface area contributed by atoms with E-state index in [0.717, 1.165) is 0 Å². The summed E-state index contributed by atoms with van der Waals surface area (Å²) in [4.78, 5) is 11.2. The molecular formula is C13H19NO5. The van der Waals surface area contributed by atoms with Crippen molar-refractivity contribution in [3.63, 3.8) is 0 Å². The molecule has 106 valence electrons. The van der Waals surface area contributed by atoms with Crippen LogP contribution in [-0.4, -0.2) is 44.5 Å². The van der Waals surface area contributed by atoms with Gasteiger partial charge in [0.05, 0.1) is 14.2 Å². The molecule has 6 heteroatoms. The molecule has 1 atom stereocenters. The Morgan fingerprint density at radius 2 is 1.95 bits per heavy atom. The Labute approximate surface area is 112 Å². The number of rotatable bonds is 7. The van der Waals surface area contributed by atoms with Gasteiger partial charge in [-0.15, -0.1) is 0 Å². The minimum atomic E-state index is -1.17. The molecule has 0 radical (unpaired) electrons. The van der Waals surface area contributed by atoms with E-state index in [1.807, 2.05) is 0 Å². The average molecular weight is 269 g/mol. The Morgan fingerprint density at radius 3 is 2.42 bits per heavy atom. The summed E-state index contributed by atoms with van der Waals surface area (Å²) in [5.74, 6) is 0.414. The molecule has 6 nitrogen and oxygen atoms in total. The van der Waals surface area contributed by atoms with Crippen LogP contribution in [0.3, 0.4) is 0 Å². The third kappa shape index (κ3) is 3.29. The number of hydrogen-bond acceptors (Lipinski definition) is 5. The zero-order chi connectivity index (χ0) is 14.5. The van der Waals surface area contributed by atoms with E-state index in [0.29, 0.717) is 17.2 Å². The van der Waals surface area contributed by atoms with E-state index in [4.69, 9.17) is 19.3 Å². The zero-order valence-corrected chi connectivity index (χ0v) is 11.5. The van der Waals surface area contributed by atoms with Crippen molar-refractivity contribution in [3.8, 4) is 17.2 Å². The van der Waals surface area contributed by atoms with E-state index in [1.165, 1.54) is 14.2 Å². The Hall–Kier alpha value is -1.95. The van der Waals surface area contributed by atoms with Crippen molar-refractivity contribution in [1.29, 1.82) is 0 Å². The Kier molecular flexibility index (Phi) is 5.00. The number of hydrogen-bond donors (Lipinski definition) is 2. The number of carbonyl (C=O) groups is 1. The Balaban J connectivity index is 2.91. The van der Waals surface area contributed by atoms with Gasteiger partial charge in [0, 0.05) is 0 Å². The summed E-state index contributed by atoms with van der Waals surface area (Å²) < 4.78 is 15.9. The van der Waals surface area contributed by atoms with Crippen LogP contribution < -0.4 is 19.5 Å². The molecule has 0 bridgehead atoms. The smallest absolute Gasteiger partial charge is 0.327 e. The molecule has 0 saturated carbocycles. The monoisotopic (exact) mass is 269 g/mol. The number of para-hydroxylation sites is 1. The topological polar surface area (TPSA) is 77.0 Å². The molecule has 1 unspecified atom stereocenters. The first-order valence-corrected chi connectivity index (χ1v) is 5.74. The summed E-state index contributed by atoms with van der Waals surface area (Å²) in [6.45, 7) is 1.50. The first kappa shape index (κ1) is 15.1. The molecule has 0 heterocycles. The number of methoxy groups -OCH3 is 2. The Bertz CT molecular complexity index is 449. The molecule has 1 rings (SSSR count). The summed E-state index contributed by atoms with van der Waals surface area (Å²) in [6, 6.07) is 5.17. The van der Waals surface area contributed by atoms with Crippen LogP contribution in [0.4, 0.5) is 0 Å². The molecule has 0 fully saturated rings. The minimum absolute atomic E-state index is 0.0393. The summed E-state index contributed by atoms with van der Waals surface area (Å²) in [5, 5.41) is 11.9. The predicted octanol–water partition coefficient (Wildman–Crippen LogP) is 1.15. The second kappa shape index (κ2) is 6.29. The van der Waals surface area contributed by atoms with Gasteiger partial charge in [0.25, 0.3) is 0 Å². The van der Waals surface area contributed by atoms with E-state index >= 15 is 0 Å². The fourth-order valence-corrected chi connectivity index (χ4v) is 1.43. The maximum Gasteiger partial charge on any atom is 0.327 e. The predicted molar refractivity (Wildman–Crippen MR) is 70.1 cm³/mol. The van der Waals surface area contributed by atoms with Gasteiger partial charge in [-0.2, -0.15) is 0 Å². The highest BCUT2D eigenvalue weighted by Gasteiger charge is 2.32. The molecule has 1 aromatic carbocycles. The normalized spacial score (nSPS) is 13.5. The fraction of sp³-hybridized carbons (Fsp3) is 0.462. The van der Waals surface area contributed by atoms with Crippen LogP contribution in [0.15, 0.2) is 18.2 Å². The van der Waals surface area contributed by atoms with Crippen molar-refractivity contribution in [2.24, 2.45) is 0 Å². The van der Waals surface area contributed by atoms with Gasteiger partial charge >= 0.3 is 5.97 Å². The Morgan fingerprint density at radius 1 is 1.32 bits per heavy atom. The van der Waals surface area contributed by atoms with Gasteiger partial charge in [-0.05, 0) is 26.1 Å². The van der Waals surface area contributed by atoms with E-state index in [-0.39, 0.29) is 6.61 Å². The number of carboxylic acids is 1. The van der Waals surface area contributed by atoms with Gasteiger partial charge in [-0.25, -0.2) is 0 Å². The van der Waals surface area contributed by atoms with E-state index in [1.54, 1.807) is 32.2 Å². The van der Waals surface area contributed by atoms with Gasteiger partial charge in [-0.1, -0.05) is 6.07 Å². The van der Waals surface area contributed by atoms with Crippen molar-refractivity contribution >= 4 is 5.97 Å². The van der Waals surface area contributed by atoms with E-state index < -0.39 is 11.5 Å². The molecule has 0 amide bonds. The molecule has 1 aromatic rings. The quantitative estimate of drug-likeness (QED) is 0.773. The first-order valence-electron chi connectivity index (χ1n) is 5.74. The van der Waals surface area contributed by atoms with Crippen molar-refractivity contribution in [3.05, 3.63) is 18.2 Å². The van der Waals surface area contributed by atoms with E-state index in [9.17, 15) is 4.79 Å². The molecule has 0 aliphatic carbocycles. The average Bonchev–Trinajstić information content (AvgIpc) is 2.43. The second-order valence-electron chi connectivity index (χ2n) is 4.17. The summed E-state index contributed by atoms with van der Waals surface area (Å²) >= 11 is 0. The van der Waals surface area contributed by atoms with Crippen LogP contribution in [0.2, 0.25) is 0 Å². The highest BCUT2D eigenvalue weighted by atomic mass is 16.5. The lowest BCUT2D eigenvalue weighted by Gasteiger charge is -2.24. The fourth-order valence-electron chi connectivity index (χ4n) is 1.43.